The van der Waals surface area contributed by atoms with Crippen molar-refractivity contribution in [3.05, 3.63) is 89.7 Å². The summed E-state index contributed by atoms with van der Waals surface area (Å²) in [4.78, 5) is 33.5. The van der Waals surface area contributed by atoms with Crippen LogP contribution in [0.5, 0.6) is 0 Å². The van der Waals surface area contributed by atoms with Gasteiger partial charge >= 0.3 is 0 Å². The van der Waals surface area contributed by atoms with E-state index in [2.05, 4.69) is 23.7 Å². The number of ketones is 1. The van der Waals surface area contributed by atoms with E-state index >= 15 is 0 Å². The van der Waals surface area contributed by atoms with Crippen LogP contribution in [0.15, 0.2) is 73.1 Å². The number of Topliss-reactive ketones (excluding diaryl/α,β-unsaturated/α-hetero) is 1. The van der Waals surface area contributed by atoms with Gasteiger partial charge in [0.15, 0.2) is 5.78 Å². The van der Waals surface area contributed by atoms with Crippen molar-refractivity contribution < 1.29 is 14.7 Å². The third-order valence-corrected chi connectivity index (χ3v) is 6.18. The first-order valence-corrected chi connectivity index (χ1v) is 11.2. The number of carbonyl (C=O) groups is 2. The molecule has 2 atom stereocenters. The molecule has 1 amide bonds. The lowest BCUT2D eigenvalue weighted by Gasteiger charge is -2.44. The number of carbonyl (C=O) groups excluding carboxylic acids is 2. The minimum absolute atomic E-state index is 0.0532. The number of hydrogen-bond donors (Lipinski definition) is 1. The Morgan fingerprint density at radius 2 is 1.58 bits per heavy atom. The number of nitrogens with zero attached hydrogens (tertiary/aromatic N) is 3. The quantitative estimate of drug-likeness (QED) is 0.589. The summed E-state index contributed by atoms with van der Waals surface area (Å²) in [6.07, 6.45) is 3.51. The lowest BCUT2D eigenvalue weighted by atomic mass is 10.0. The van der Waals surface area contributed by atoms with Crippen molar-refractivity contribution >= 4 is 11.7 Å². The molecule has 6 heteroatoms. The Bertz CT molecular complexity index is 1100. The lowest BCUT2D eigenvalue weighted by molar-refractivity contribution is 0.0268. The summed E-state index contributed by atoms with van der Waals surface area (Å²) in [5.41, 5.74) is 4.37. The van der Waals surface area contributed by atoms with Crippen molar-refractivity contribution in [2.24, 2.45) is 0 Å². The molecule has 2 heterocycles. The van der Waals surface area contributed by atoms with Gasteiger partial charge < -0.3 is 10.0 Å². The van der Waals surface area contributed by atoms with Crippen LogP contribution in [0.2, 0.25) is 0 Å². The average Bonchev–Trinajstić information content (AvgIpc) is 2.84. The number of rotatable bonds is 6. The van der Waals surface area contributed by atoms with E-state index in [4.69, 9.17) is 5.11 Å². The van der Waals surface area contributed by atoms with Crippen LogP contribution in [0.1, 0.15) is 40.1 Å². The second-order valence-corrected chi connectivity index (χ2v) is 8.70. The van der Waals surface area contributed by atoms with E-state index in [0.717, 1.165) is 36.3 Å². The van der Waals surface area contributed by atoms with Crippen molar-refractivity contribution in [2.75, 3.05) is 19.7 Å². The molecule has 6 nitrogen and oxygen atoms in total. The summed E-state index contributed by atoms with van der Waals surface area (Å²) in [6, 6.07) is 19.2. The molecule has 2 aromatic carbocycles. The van der Waals surface area contributed by atoms with Crippen LogP contribution in [0.25, 0.3) is 11.1 Å². The fourth-order valence-electron chi connectivity index (χ4n) is 4.63. The first-order valence-electron chi connectivity index (χ1n) is 11.2. The molecule has 1 saturated heterocycles. The van der Waals surface area contributed by atoms with Crippen LogP contribution in [-0.2, 0) is 6.54 Å². The monoisotopic (exact) mass is 443 g/mol. The fraction of sp³-hybridized carbons (Fsp3) is 0.296. The van der Waals surface area contributed by atoms with Gasteiger partial charge in [-0.2, -0.15) is 0 Å². The van der Waals surface area contributed by atoms with Crippen molar-refractivity contribution in [2.45, 2.75) is 32.5 Å². The first kappa shape index (κ1) is 22.8. The molecule has 0 radical (unpaired) electrons. The van der Waals surface area contributed by atoms with Crippen LogP contribution in [0.4, 0.5) is 0 Å². The van der Waals surface area contributed by atoms with Gasteiger partial charge in [0.1, 0.15) is 6.61 Å². The van der Waals surface area contributed by atoms with Gasteiger partial charge in [-0.25, -0.2) is 0 Å². The molecular formula is C27H29N3O3. The molecule has 0 saturated carbocycles. The number of hydrogen-bond acceptors (Lipinski definition) is 5. The highest BCUT2D eigenvalue weighted by Gasteiger charge is 2.33. The van der Waals surface area contributed by atoms with Crippen molar-refractivity contribution in [1.29, 1.82) is 0 Å². The van der Waals surface area contributed by atoms with Crippen molar-refractivity contribution in [3.8, 4) is 11.1 Å². The number of aliphatic hydroxyl groups is 1. The van der Waals surface area contributed by atoms with Gasteiger partial charge in [-0.15, -0.1) is 0 Å². The third kappa shape index (κ3) is 5.18. The number of pyridine rings is 1. The molecule has 0 unspecified atom stereocenters. The predicted molar refractivity (Wildman–Crippen MR) is 128 cm³/mol. The van der Waals surface area contributed by atoms with Crippen LogP contribution in [-0.4, -0.2) is 63.4 Å². The molecule has 0 aliphatic carbocycles. The van der Waals surface area contributed by atoms with E-state index in [-0.39, 0.29) is 23.8 Å². The summed E-state index contributed by atoms with van der Waals surface area (Å²) in [7, 11) is 0. The summed E-state index contributed by atoms with van der Waals surface area (Å²) in [5, 5.41) is 9.01. The van der Waals surface area contributed by atoms with E-state index in [9.17, 15) is 9.59 Å². The number of aromatic nitrogens is 1. The molecule has 1 aliphatic rings. The Balaban J connectivity index is 1.44. The molecule has 1 aromatic heterocycles. The minimum atomic E-state index is -0.476. The number of piperazine rings is 1. The molecule has 4 rings (SSSR count). The molecule has 1 fully saturated rings. The maximum atomic E-state index is 13.4. The van der Waals surface area contributed by atoms with Gasteiger partial charge in [0.25, 0.3) is 5.91 Å². The molecule has 0 bridgehead atoms. The Labute approximate surface area is 194 Å². The molecule has 33 heavy (non-hydrogen) atoms. The number of aliphatic hydroxyl groups excluding tert-OH is 1. The van der Waals surface area contributed by atoms with E-state index in [1.807, 2.05) is 53.4 Å². The molecule has 1 aliphatic heterocycles. The van der Waals surface area contributed by atoms with Crippen LogP contribution >= 0.6 is 0 Å². The summed E-state index contributed by atoms with van der Waals surface area (Å²) >= 11 is 0. The normalized spacial score (nSPS) is 18.8. The second-order valence-electron chi connectivity index (χ2n) is 8.70. The molecule has 1 N–H and O–H groups in total. The van der Waals surface area contributed by atoms with Crippen molar-refractivity contribution in [1.82, 2.24) is 14.8 Å². The maximum Gasteiger partial charge on any atom is 0.254 e. The Kier molecular flexibility index (Phi) is 6.96. The standard InChI is InChI=1S/C27H29N3O3/c1-19-15-29(17-21-6-8-23(9-7-21)26(32)18-31)16-20(2)30(19)27(33)25-5-3-4-24(14-25)22-10-12-28-13-11-22/h3-14,19-20,31H,15-18H2,1-2H3/t19-,20+. The number of amides is 1. The highest BCUT2D eigenvalue weighted by molar-refractivity contribution is 5.97. The maximum absolute atomic E-state index is 13.4. The van der Waals surface area contributed by atoms with E-state index in [0.29, 0.717) is 11.1 Å². The van der Waals surface area contributed by atoms with Crippen LogP contribution in [0.3, 0.4) is 0 Å². The van der Waals surface area contributed by atoms with E-state index in [1.165, 1.54) is 0 Å². The lowest BCUT2D eigenvalue weighted by Crippen LogP contribution is -2.58. The van der Waals surface area contributed by atoms with Crippen LogP contribution in [0, 0.1) is 0 Å². The zero-order valence-electron chi connectivity index (χ0n) is 19.0. The molecule has 170 valence electrons. The Hall–Kier alpha value is -3.35. The summed E-state index contributed by atoms with van der Waals surface area (Å²) < 4.78 is 0. The third-order valence-electron chi connectivity index (χ3n) is 6.18. The summed E-state index contributed by atoms with van der Waals surface area (Å²) in [5.74, 6) is -0.221. The second kappa shape index (κ2) is 10.1. The topological polar surface area (TPSA) is 73.7 Å². The van der Waals surface area contributed by atoms with Gasteiger partial charge in [0.05, 0.1) is 0 Å². The Morgan fingerprint density at radius 1 is 0.909 bits per heavy atom. The zero-order valence-corrected chi connectivity index (χ0v) is 19.0. The fourth-order valence-corrected chi connectivity index (χ4v) is 4.63. The predicted octanol–water partition coefficient (Wildman–Crippen LogP) is 3.66. The van der Waals surface area contributed by atoms with Gasteiger partial charge in [-0.1, -0.05) is 36.4 Å². The van der Waals surface area contributed by atoms with Crippen molar-refractivity contribution in [3.63, 3.8) is 0 Å². The smallest absolute Gasteiger partial charge is 0.254 e. The average molecular weight is 444 g/mol. The van der Waals surface area contributed by atoms with Crippen LogP contribution < -0.4 is 0 Å². The molecule has 0 spiro atoms. The largest absolute Gasteiger partial charge is 0.388 e. The minimum Gasteiger partial charge on any atom is -0.388 e. The molecule has 3 aromatic rings. The first-order chi connectivity index (χ1) is 16.0. The Morgan fingerprint density at radius 3 is 2.21 bits per heavy atom. The van der Waals surface area contributed by atoms with Gasteiger partial charge in [-0.05, 0) is 54.8 Å². The summed E-state index contributed by atoms with van der Waals surface area (Å²) in [6.45, 7) is 6.01. The zero-order chi connectivity index (χ0) is 23.4. The van der Waals surface area contributed by atoms with E-state index < -0.39 is 6.61 Å². The van der Waals surface area contributed by atoms with Gasteiger partial charge in [0, 0.05) is 55.2 Å². The SMILES string of the molecule is C[C@@H]1CN(Cc2ccc(C(=O)CO)cc2)C[C@H](C)N1C(=O)c1cccc(-c2ccncc2)c1. The van der Waals surface area contributed by atoms with Gasteiger partial charge in [-0.3, -0.25) is 19.5 Å². The number of benzene rings is 2. The highest BCUT2D eigenvalue weighted by Crippen LogP contribution is 2.24. The van der Waals surface area contributed by atoms with Gasteiger partial charge in [0.2, 0.25) is 0 Å². The van der Waals surface area contributed by atoms with E-state index in [1.54, 1.807) is 24.5 Å². The highest BCUT2D eigenvalue weighted by atomic mass is 16.3. The molecular weight excluding hydrogens is 414 g/mol.